The number of aromatic nitrogens is 3. The van der Waals surface area contributed by atoms with Gasteiger partial charge in [0.25, 0.3) is 5.91 Å². The number of amides is 1. The van der Waals surface area contributed by atoms with Crippen molar-refractivity contribution in [1.82, 2.24) is 15.2 Å². The average Bonchev–Trinajstić information content (AvgIpc) is 3.04. The van der Waals surface area contributed by atoms with Gasteiger partial charge in [0, 0.05) is 5.56 Å². The highest BCUT2D eigenvalue weighted by molar-refractivity contribution is 6.33. The number of alkyl halides is 3. The molecule has 1 amide bonds. The number of carbonyl (C=O) groups is 1. The first-order valence-electron chi connectivity index (χ1n) is 9.27. The first kappa shape index (κ1) is 24.4. The Bertz CT molecular complexity index is 1180. The number of halogens is 6. The van der Waals surface area contributed by atoms with Crippen LogP contribution in [0.2, 0.25) is 5.15 Å². The molecule has 3 aromatic rings. The van der Waals surface area contributed by atoms with Gasteiger partial charge in [-0.2, -0.15) is 18.3 Å². The molecule has 1 atom stereocenters. The summed E-state index contributed by atoms with van der Waals surface area (Å²) in [6, 6.07) is 3.49. The number of H-pyrrole nitrogens is 1. The Hall–Kier alpha value is -3.25. The summed E-state index contributed by atoms with van der Waals surface area (Å²) in [5.74, 6) is -3.53. The van der Waals surface area contributed by atoms with E-state index in [4.69, 9.17) is 16.3 Å². The van der Waals surface area contributed by atoms with E-state index in [9.17, 15) is 31.9 Å². The van der Waals surface area contributed by atoms with Crippen LogP contribution >= 0.6 is 11.6 Å². The molecule has 1 aromatic carbocycles. The van der Waals surface area contributed by atoms with E-state index >= 15 is 0 Å². The van der Waals surface area contributed by atoms with E-state index in [1.54, 1.807) is 0 Å². The van der Waals surface area contributed by atoms with E-state index in [-0.39, 0.29) is 22.1 Å². The summed E-state index contributed by atoms with van der Waals surface area (Å²) in [6.07, 6.45) is -6.08. The monoisotopic (exact) mass is 490 g/mol. The van der Waals surface area contributed by atoms with Gasteiger partial charge in [-0.15, -0.1) is 0 Å². The van der Waals surface area contributed by atoms with Gasteiger partial charge in [0.2, 0.25) is 0 Å². The van der Waals surface area contributed by atoms with Crippen LogP contribution in [-0.4, -0.2) is 39.0 Å². The van der Waals surface area contributed by atoms with Crippen LogP contribution in [-0.2, 0) is 0 Å². The SMILES string of the molecule is Cc1[nH]nc(Cl)c1NC(=O)c1cc(F)c(-c2ccc(F)c(C(C)O)n2)cc1OCC(F)(F)F. The number of aliphatic hydroxyl groups is 1. The molecule has 0 saturated heterocycles. The van der Waals surface area contributed by atoms with Gasteiger partial charge in [-0.25, -0.2) is 13.8 Å². The fourth-order valence-electron chi connectivity index (χ4n) is 2.83. The highest BCUT2D eigenvalue weighted by Gasteiger charge is 2.30. The number of benzene rings is 1. The molecule has 0 bridgehead atoms. The lowest BCUT2D eigenvalue weighted by Gasteiger charge is -2.16. The summed E-state index contributed by atoms with van der Waals surface area (Å²) in [6.45, 7) is 0.999. The Kier molecular flexibility index (Phi) is 6.89. The fraction of sp³-hybridized carbons (Fsp3) is 0.250. The lowest BCUT2D eigenvalue weighted by atomic mass is 10.0. The number of aromatic amines is 1. The molecule has 0 aliphatic carbocycles. The molecule has 0 aliphatic heterocycles. The van der Waals surface area contributed by atoms with Crippen molar-refractivity contribution in [2.24, 2.45) is 0 Å². The summed E-state index contributed by atoms with van der Waals surface area (Å²) < 4.78 is 71.8. The van der Waals surface area contributed by atoms with Gasteiger partial charge in [0.05, 0.1) is 23.1 Å². The molecule has 3 N–H and O–H groups in total. The lowest BCUT2D eigenvalue weighted by molar-refractivity contribution is -0.153. The number of hydrogen-bond acceptors (Lipinski definition) is 5. The van der Waals surface area contributed by atoms with Gasteiger partial charge in [-0.3, -0.25) is 9.89 Å². The first-order chi connectivity index (χ1) is 15.4. The first-order valence-corrected chi connectivity index (χ1v) is 9.65. The number of aliphatic hydroxyl groups excluding tert-OH is 1. The van der Waals surface area contributed by atoms with Gasteiger partial charge in [0.15, 0.2) is 11.8 Å². The molecule has 2 aromatic heterocycles. The molecule has 1 unspecified atom stereocenters. The van der Waals surface area contributed by atoms with Crippen LogP contribution in [0.3, 0.4) is 0 Å². The quantitative estimate of drug-likeness (QED) is 0.424. The van der Waals surface area contributed by atoms with E-state index in [1.165, 1.54) is 13.8 Å². The van der Waals surface area contributed by atoms with Crippen molar-refractivity contribution in [2.75, 3.05) is 11.9 Å². The minimum atomic E-state index is -4.75. The van der Waals surface area contributed by atoms with Crippen LogP contribution in [0.4, 0.5) is 27.6 Å². The standard InChI is InChI=1S/C20H16ClF5N4O3/c1-8-16(18(21)30-29-8)28-19(32)11-5-13(23)10(6-15(11)33-7-20(24,25)26)14-4-3-12(22)17(27-14)9(2)31/h3-6,9,31H,7H2,1-2H3,(H,28,32)(H,29,30). The summed E-state index contributed by atoms with van der Waals surface area (Å²) in [5.41, 5.74) is -1.11. The summed E-state index contributed by atoms with van der Waals surface area (Å²) in [5, 5.41) is 18.0. The predicted molar refractivity (Wildman–Crippen MR) is 108 cm³/mol. The maximum absolute atomic E-state index is 14.9. The number of carbonyl (C=O) groups excluding carboxylic acids is 1. The zero-order valence-corrected chi connectivity index (χ0v) is 17.8. The molecular formula is C20H16ClF5N4O3. The zero-order valence-electron chi connectivity index (χ0n) is 17.0. The van der Waals surface area contributed by atoms with E-state index in [0.717, 1.165) is 18.2 Å². The second-order valence-electron chi connectivity index (χ2n) is 6.94. The largest absolute Gasteiger partial charge is 0.483 e. The van der Waals surface area contributed by atoms with Crippen LogP contribution in [0.5, 0.6) is 5.75 Å². The molecule has 0 aliphatic rings. The van der Waals surface area contributed by atoms with E-state index in [2.05, 4.69) is 20.5 Å². The van der Waals surface area contributed by atoms with Crippen molar-refractivity contribution < 1.29 is 36.6 Å². The summed E-state index contributed by atoms with van der Waals surface area (Å²) >= 11 is 5.86. The fourth-order valence-corrected chi connectivity index (χ4v) is 3.06. The van der Waals surface area contributed by atoms with E-state index in [0.29, 0.717) is 11.8 Å². The number of rotatable bonds is 6. The van der Waals surface area contributed by atoms with Crippen molar-refractivity contribution in [3.05, 3.63) is 58.0 Å². The van der Waals surface area contributed by atoms with Crippen LogP contribution in [0.15, 0.2) is 24.3 Å². The minimum absolute atomic E-state index is 0.0506. The van der Waals surface area contributed by atoms with Crippen molar-refractivity contribution in [1.29, 1.82) is 0 Å². The van der Waals surface area contributed by atoms with Gasteiger partial charge in [-0.05, 0) is 38.1 Å². The molecule has 33 heavy (non-hydrogen) atoms. The van der Waals surface area contributed by atoms with Crippen molar-refractivity contribution in [2.45, 2.75) is 26.1 Å². The van der Waals surface area contributed by atoms with Crippen LogP contribution in [0.25, 0.3) is 11.3 Å². The van der Waals surface area contributed by atoms with Crippen LogP contribution < -0.4 is 10.1 Å². The van der Waals surface area contributed by atoms with Crippen LogP contribution in [0.1, 0.15) is 34.8 Å². The Morgan fingerprint density at radius 3 is 2.55 bits per heavy atom. The Morgan fingerprint density at radius 2 is 1.97 bits per heavy atom. The highest BCUT2D eigenvalue weighted by Crippen LogP contribution is 2.33. The van der Waals surface area contributed by atoms with Crippen molar-refractivity contribution >= 4 is 23.2 Å². The third-order valence-corrected chi connectivity index (χ3v) is 4.67. The maximum Gasteiger partial charge on any atom is 0.422 e. The lowest BCUT2D eigenvalue weighted by Crippen LogP contribution is -2.21. The Labute approximate surface area is 188 Å². The maximum atomic E-state index is 14.9. The number of anilines is 1. The second kappa shape index (κ2) is 9.32. The third-order valence-electron chi connectivity index (χ3n) is 4.39. The minimum Gasteiger partial charge on any atom is -0.483 e. The number of pyridine rings is 1. The molecule has 13 heteroatoms. The van der Waals surface area contributed by atoms with Gasteiger partial charge >= 0.3 is 6.18 Å². The normalized spacial score (nSPS) is 12.5. The molecule has 2 heterocycles. The molecule has 7 nitrogen and oxygen atoms in total. The summed E-state index contributed by atoms with van der Waals surface area (Å²) in [7, 11) is 0. The molecule has 0 spiro atoms. The summed E-state index contributed by atoms with van der Waals surface area (Å²) in [4.78, 5) is 16.6. The highest BCUT2D eigenvalue weighted by atomic mass is 35.5. The van der Waals surface area contributed by atoms with Crippen molar-refractivity contribution in [3.63, 3.8) is 0 Å². The number of nitrogens with one attached hydrogen (secondary N) is 2. The smallest absolute Gasteiger partial charge is 0.422 e. The Balaban J connectivity index is 2.08. The number of nitrogens with zero attached hydrogens (tertiary/aromatic N) is 2. The number of hydrogen-bond donors (Lipinski definition) is 3. The predicted octanol–water partition coefficient (Wildman–Crippen LogP) is 4.96. The molecule has 3 rings (SSSR count). The van der Waals surface area contributed by atoms with Gasteiger partial charge < -0.3 is 15.2 Å². The van der Waals surface area contributed by atoms with Crippen LogP contribution in [0, 0.1) is 18.6 Å². The Morgan fingerprint density at radius 1 is 1.27 bits per heavy atom. The van der Waals surface area contributed by atoms with E-state index in [1.807, 2.05) is 0 Å². The molecule has 0 saturated carbocycles. The number of aryl methyl sites for hydroxylation is 1. The average molecular weight is 491 g/mol. The van der Waals surface area contributed by atoms with Gasteiger partial charge in [0.1, 0.15) is 28.8 Å². The zero-order chi connectivity index (χ0) is 24.5. The molecule has 176 valence electrons. The second-order valence-corrected chi connectivity index (χ2v) is 7.30. The molecule has 0 fully saturated rings. The number of ether oxygens (including phenoxy) is 1. The molecular weight excluding hydrogens is 475 g/mol. The van der Waals surface area contributed by atoms with Crippen molar-refractivity contribution in [3.8, 4) is 17.0 Å². The van der Waals surface area contributed by atoms with E-state index < -0.39 is 53.4 Å². The molecule has 0 radical (unpaired) electrons. The topological polar surface area (TPSA) is 100 Å². The third kappa shape index (κ3) is 5.57. The van der Waals surface area contributed by atoms with Gasteiger partial charge in [-0.1, -0.05) is 11.6 Å².